The zero-order chi connectivity index (χ0) is 17.5. The molecule has 7 nitrogen and oxygen atoms in total. The quantitative estimate of drug-likeness (QED) is 0.825. The van der Waals surface area contributed by atoms with E-state index in [-0.39, 0.29) is 18.1 Å². The molecule has 1 aliphatic rings. The molecule has 1 fully saturated rings. The first kappa shape index (κ1) is 18.0. The van der Waals surface area contributed by atoms with Crippen molar-refractivity contribution in [1.82, 2.24) is 14.8 Å². The average Bonchev–Trinajstić information content (AvgIpc) is 2.60. The molecule has 0 atom stereocenters. The van der Waals surface area contributed by atoms with Crippen molar-refractivity contribution in [2.24, 2.45) is 0 Å². The molecule has 24 heavy (non-hydrogen) atoms. The topological polar surface area (TPSA) is 72.0 Å². The predicted molar refractivity (Wildman–Crippen MR) is 89.1 cm³/mol. The van der Waals surface area contributed by atoms with Gasteiger partial charge in [-0.3, -0.25) is 4.79 Å². The molecule has 0 bridgehead atoms. The number of carbonyl (C=O) groups is 2. The fourth-order valence-corrected chi connectivity index (χ4v) is 2.44. The number of piperidine rings is 1. The Morgan fingerprint density at radius 3 is 2.54 bits per heavy atom. The minimum Gasteiger partial charge on any atom is -0.474 e. The van der Waals surface area contributed by atoms with Crippen LogP contribution < -0.4 is 4.74 Å². The van der Waals surface area contributed by atoms with Crippen LogP contribution in [-0.4, -0.2) is 66.7 Å². The van der Waals surface area contributed by atoms with E-state index in [1.807, 2.05) is 6.92 Å². The summed E-state index contributed by atoms with van der Waals surface area (Å²) in [5.41, 5.74) is 0.529. The van der Waals surface area contributed by atoms with E-state index in [4.69, 9.17) is 9.47 Å². The molecule has 1 aliphatic heterocycles. The van der Waals surface area contributed by atoms with Crippen LogP contribution >= 0.6 is 0 Å². The van der Waals surface area contributed by atoms with E-state index in [9.17, 15) is 9.59 Å². The van der Waals surface area contributed by atoms with Crippen molar-refractivity contribution in [3.63, 3.8) is 0 Å². The number of rotatable bonds is 5. The predicted octanol–water partition coefficient (Wildman–Crippen LogP) is 2.17. The maximum Gasteiger partial charge on any atom is 0.409 e. The first-order valence-corrected chi connectivity index (χ1v) is 8.27. The van der Waals surface area contributed by atoms with Gasteiger partial charge in [-0.15, -0.1) is 0 Å². The Kier molecular flexibility index (Phi) is 6.40. The molecule has 1 aromatic heterocycles. The highest BCUT2D eigenvalue weighted by molar-refractivity contribution is 5.93. The van der Waals surface area contributed by atoms with Crippen LogP contribution in [0.1, 0.15) is 36.5 Å². The van der Waals surface area contributed by atoms with Crippen molar-refractivity contribution in [2.75, 3.05) is 33.8 Å². The maximum absolute atomic E-state index is 11.8. The molecule has 1 saturated heterocycles. The van der Waals surface area contributed by atoms with Crippen LogP contribution in [0.25, 0.3) is 0 Å². The van der Waals surface area contributed by atoms with Crippen LogP contribution in [-0.2, 0) is 4.74 Å². The third-order valence-corrected chi connectivity index (χ3v) is 3.81. The van der Waals surface area contributed by atoms with Gasteiger partial charge in [-0.2, -0.15) is 0 Å². The molecule has 0 spiro atoms. The van der Waals surface area contributed by atoms with Crippen molar-refractivity contribution in [1.29, 1.82) is 0 Å². The second-order valence-corrected chi connectivity index (χ2v) is 6.00. The number of hydrogen-bond donors (Lipinski definition) is 0. The third kappa shape index (κ3) is 4.84. The van der Waals surface area contributed by atoms with Crippen molar-refractivity contribution in [3.8, 4) is 5.88 Å². The Morgan fingerprint density at radius 1 is 1.29 bits per heavy atom. The van der Waals surface area contributed by atoms with E-state index < -0.39 is 0 Å². The molecule has 2 rings (SSSR count). The highest BCUT2D eigenvalue weighted by Gasteiger charge is 2.25. The molecule has 0 aliphatic carbocycles. The van der Waals surface area contributed by atoms with Crippen LogP contribution in [0.3, 0.4) is 0 Å². The first-order chi connectivity index (χ1) is 11.5. The lowest BCUT2D eigenvalue weighted by atomic mass is 10.1. The Bertz CT molecular complexity index is 551. The van der Waals surface area contributed by atoms with Crippen molar-refractivity contribution >= 4 is 12.0 Å². The molecule has 0 unspecified atom stereocenters. The number of likely N-dealkylation sites (tertiary alicyclic amines) is 1. The summed E-state index contributed by atoms with van der Waals surface area (Å²) in [5, 5.41) is 0. The number of pyridine rings is 1. The summed E-state index contributed by atoms with van der Waals surface area (Å²) in [6, 6.07) is 3.42. The number of aromatic nitrogens is 1. The second kappa shape index (κ2) is 8.52. The standard InChI is InChI=1S/C17H25N3O4/c1-4-11-23-17(22)20-9-7-14(8-10-20)24-15-6-5-13(12-18-15)16(21)19(2)3/h5-6,12,14H,4,7-11H2,1-3H3. The lowest BCUT2D eigenvalue weighted by Crippen LogP contribution is -2.42. The summed E-state index contributed by atoms with van der Waals surface area (Å²) in [7, 11) is 3.40. The van der Waals surface area contributed by atoms with Crippen LogP contribution in [0, 0.1) is 0 Å². The summed E-state index contributed by atoms with van der Waals surface area (Å²) in [5.74, 6) is 0.408. The molecule has 0 radical (unpaired) electrons. The van der Waals surface area contributed by atoms with Crippen molar-refractivity contribution in [3.05, 3.63) is 23.9 Å². The summed E-state index contributed by atoms with van der Waals surface area (Å²) >= 11 is 0. The fourth-order valence-electron chi connectivity index (χ4n) is 2.44. The molecule has 132 valence electrons. The lowest BCUT2D eigenvalue weighted by Gasteiger charge is -2.31. The van der Waals surface area contributed by atoms with Gasteiger partial charge in [-0.25, -0.2) is 9.78 Å². The zero-order valence-electron chi connectivity index (χ0n) is 14.5. The summed E-state index contributed by atoms with van der Waals surface area (Å²) in [4.78, 5) is 31.0. The molecule has 2 amide bonds. The second-order valence-electron chi connectivity index (χ2n) is 6.00. The number of hydrogen-bond acceptors (Lipinski definition) is 5. The smallest absolute Gasteiger partial charge is 0.409 e. The van der Waals surface area contributed by atoms with Crippen molar-refractivity contribution < 1.29 is 19.1 Å². The van der Waals surface area contributed by atoms with Gasteiger partial charge in [0.05, 0.1) is 12.2 Å². The van der Waals surface area contributed by atoms with Crippen LogP contribution in [0.15, 0.2) is 18.3 Å². The van der Waals surface area contributed by atoms with Crippen molar-refractivity contribution in [2.45, 2.75) is 32.3 Å². The molecule has 2 heterocycles. The maximum atomic E-state index is 11.8. The monoisotopic (exact) mass is 335 g/mol. The molecular weight excluding hydrogens is 310 g/mol. The minimum atomic E-state index is -0.250. The van der Waals surface area contributed by atoms with Gasteiger partial charge < -0.3 is 19.3 Å². The summed E-state index contributed by atoms with van der Waals surface area (Å²) in [6.07, 6.45) is 3.59. The molecular formula is C17H25N3O4. The number of nitrogens with zero attached hydrogens (tertiary/aromatic N) is 3. The normalized spacial score (nSPS) is 15.0. The highest BCUT2D eigenvalue weighted by atomic mass is 16.6. The van der Waals surface area contributed by atoms with E-state index >= 15 is 0 Å². The Hall–Kier alpha value is -2.31. The van der Waals surface area contributed by atoms with E-state index in [0.29, 0.717) is 31.1 Å². The first-order valence-electron chi connectivity index (χ1n) is 8.27. The van der Waals surface area contributed by atoms with Gasteiger partial charge in [0, 0.05) is 52.3 Å². The van der Waals surface area contributed by atoms with Gasteiger partial charge in [0.2, 0.25) is 5.88 Å². The molecule has 0 N–H and O–H groups in total. The van der Waals surface area contributed by atoms with Crippen LogP contribution in [0.5, 0.6) is 5.88 Å². The van der Waals surface area contributed by atoms with E-state index in [2.05, 4.69) is 4.98 Å². The summed E-state index contributed by atoms with van der Waals surface area (Å²) < 4.78 is 11.0. The lowest BCUT2D eigenvalue weighted by molar-refractivity contribution is 0.0663. The number of ether oxygens (including phenoxy) is 2. The number of amides is 2. The largest absolute Gasteiger partial charge is 0.474 e. The Balaban J connectivity index is 1.81. The molecule has 7 heteroatoms. The zero-order valence-corrected chi connectivity index (χ0v) is 14.5. The summed E-state index contributed by atoms with van der Waals surface area (Å²) in [6.45, 7) is 3.66. The van der Waals surface area contributed by atoms with E-state index in [0.717, 1.165) is 19.3 Å². The molecule has 1 aromatic rings. The van der Waals surface area contributed by atoms with E-state index in [1.54, 1.807) is 31.1 Å². The highest BCUT2D eigenvalue weighted by Crippen LogP contribution is 2.18. The Morgan fingerprint density at radius 2 is 2.00 bits per heavy atom. The third-order valence-electron chi connectivity index (χ3n) is 3.81. The van der Waals surface area contributed by atoms with Gasteiger partial charge in [-0.05, 0) is 12.5 Å². The van der Waals surface area contributed by atoms with Gasteiger partial charge in [0.25, 0.3) is 5.91 Å². The number of carbonyl (C=O) groups excluding carboxylic acids is 2. The Labute approximate surface area is 142 Å². The SMILES string of the molecule is CCCOC(=O)N1CCC(Oc2ccc(C(=O)N(C)C)cn2)CC1. The average molecular weight is 335 g/mol. The van der Waals surface area contributed by atoms with Crippen LogP contribution in [0.4, 0.5) is 4.79 Å². The van der Waals surface area contributed by atoms with Gasteiger partial charge in [-0.1, -0.05) is 6.92 Å². The minimum absolute atomic E-state index is 0.0168. The van der Waals surface area contributed by atoms with Gasteiger partial charge in [0.1, 0.15) is 6.10 Å². The van der Waals surface area contributed by atoms with Crippen LogP contribution in [0.2, 0.25) is 0 Å². The van der Waals surface area contributed by atoms with Gasteiger partial charge in [0.15, 0.2) is 0 Å². The van der Waals surface area contributed by atoms with E-state index in [1.165, 1.54) is 11.1 Å². The van der Waals surface area contributed by atoms with Gasteiger partial charge >= 0.3 is 6.09 Å². The molecule has 0 aromatic carbocycles. The fraction of sp³-hybridized carbons (Fsp3) is 0.588. The molecule has 0 saturated carbocycles.